The molecule has 2 aromatic rings. The molecule has 5 heteroatoms. The summed E-state index contributed by atoms with van der Waals surface area (Å²) in [4.78, 5) is 0. The number of rotatable bonds is 2. The van der Waals surface area contributed by atoms with Crippen LogP contribution in [0.15, 0.2) is 14.9 Å². The molecule has 0 unspecified atom stereocenters. The fourth-order valence-electron chi connectivity index (χ4n) is 2.39. The molecule has 2 rings (SSSR count). The molecule has 0 aliphatic carbocycles. The summed E-state index contributed by atoms with van der Waals surface area (Å²) in [6, 6.07) is 1.57. The van der Waals surface area contributed by atoms with E-state index >= 15 is 0 Å². The minimum absolute atomic E-state index is 0.170. The SMILES string of the molecule is Cc1c(C(C)(C)C)oc2cc(CC(C)(C)C(F)(F)F)oc12. The van der Waals surface area contributed by atoms with Crippen molar-refractivity contribution in [1.29, 1.82) is 0 Å². The molecule has 0 aliphatic rings. The zero-order valence-corrected chi connectivity index (χ0v) is 13.2. The lowest BCUT2D eigenvalue weighted by molar-refractivity contribution is -0.211. The highest BCUT2D eigenvalue weighted by Gasteiger charge is 2.47. The summed E-state index contributed by atoms with van der Waals surface area (Å²) >= 11 is 0. The Kier molecular flexibility index (Phi) is 3.47. The quantitative estimate of drug-likeness (QED) is 0.704. The molecule has 118 valence electrons. The van der Waals surface area contributed by atoms with Crippen molar-refractivity contribution in [2.24, 2.45) is 5.41 Å². The maximum Gasteiger partial charge on any atom is 0.394 e. The average Bonchev–Trinajstić information content (AvgIpc) is 2.75. The highest BCUT2D eigenvalue weighted by atomic mass is 19.4. The van der Waals surface area contributed by atoms with Crippen LogP contribution in [-0.4, -0.2) is 6.18 Å². The maximum absolute atomic E-state index is 12.9. The van der Waals surface area contributed by atoms with Crippen molar-refractivity contribution in [3.63, 3.8) is 0 Å². The molecule has 0 aliphatic heterocycles. The van der Waals surface area contributed by atoms with Gasteiger partial charge in [0, 0.05) is 23.5 Å². The molecule has 0 saturated carbocycles. The second kappa shape index (κ2) is 4.55. The summed E-state index contributed by atoms with van der Waals surface area (Å²) in [5, 5.41) is 0. The van der Waals surface area contributed by atoms with Gasteiger partial charge in [-0.05, 0) is 6.92 Å². The molecule has 0 aromatic carbocycles. The van der Waals surface area contributed by atoms with E-state index in [4.69, 9.17) is 8.83 Å². The van der Waals surface area contributed by atoms with Crippen molar-refractivity contribution in [1.82, 2.24) is 0 Å². The molecule has 0 radical (unpaired) electrons. The van der Waals surface area contributed by atoms with Crippen molar-refractivity contribution >= 4 is 11.2 Å². The predicted molar refractivity (Wildman–Crippen MR) is 75.5 cm³/mol. The first-order valence-corrected chi connectivity index (χ1v) is 6.92. The van der Waals surface area contributed by atoms with Crippen LogP contribution in [0.1, 0.15) is 51.7 Å². The minimum Gasteiger partial charge on any atom is -0.457 e. The smallest absolute Gasteiger partial charge is 0.394 e. The molecule has 0 N–H and O–H groups in total. The first-order chi connectivity index (χ1) is 9.33. The summed E-state index contributed by atoms with van der Waals surface area (Å²) in [6.45, 7) is 10.3. The van der Waals surface area contributed by atoms with Crippen molar-refractivity contribution in [3.05, 3.63) is 23.2 Å². The van der Waals surface area contributed by atoms with E-state index in [1.54, 1.807) is 6.07 Å². The summed E-state index contributed by atoms with van der Waals surface area (Å²) < 4.78 is 50.2. The molecule has 0 amide bonds. The molecule has 0 fully saturated rings. The van der Waals surface area contributed by atoms with Gasteiger partial charge in [-0.3, -0.25) is 0 Å². The van der Waals surface area contributed by atoms with E-state index in [2.05, 4.69) is 0 Å². The lowest BCUT2D eigenvalue weighted by atomic mass is 9.87. The van der Waals surface area contributed by atoms with Gasteiger partial charge in [0.25, 0.3) is 0 Å². The van der Waals surface area contributed by atoms with Crippen LogP contribution in [0.5, 0.6) is 0 Å². The fraction of sp³-hybridized carbons (Fsp3) is 0.625. The monoisotopic (exact) mass is 302 g/mol. The van der Waals surface area contributed by atoms with Gasteiger partial charge in [0.1, 0.15) is 11.5 Å². The van der Waals surface area contributed by atoms with Crippen LogP contribution in [0.25, 0.3) is 11.2 Å². The van der Waals surface area contributed by atoms with Crippen molar-refractivity contribution < 1.29 is 22.0 Å². The van der Waals surface area contributed by atoms with Gasteiger partial charge in [0.05, 0.1) is 5.41 Å². The largest absolute Gasteiger partial charge is 0.457 e. The van der Waals surface area contributed by atoms with E-state index < -0.39 is 11.6 Å². The minimum atomic E-state index is -4.27. The van der Waals surface area contributed by atoms with Gasteiger partial charge in [-0.2, -0.15) is 13.2 Å². The number of halogens is 3. The summed E-state index contributed by atoms with van der Waals surface area (Å²) in [5.74, 6) is 1.10. The standard InChI is InChI=1S/C16H21F3O2/c1-9-12-11(21-13(9)14(2,3)4)7-10(20-12)8-15(5,6)16(17,18)19/h7H,8H2,1-6H3. The molecule has 0 spiro atoms. The van der Waals surface area contributed by atoms with E-state index in [0.717, 1.165) is 11.3 Å². The zero-order chi connectivity index (χ0) is 16.2. The maximum atomic E-state index is 12.9. The van der Waals surface area contributed by atoms with E-state index in [1.165, 1.54) is 13.8 Å². The third kappa shape index (κ3) is 2.83. The molecule has 2 aromatic heterocycles. The molecule has 2 heterocycles. The van der Waals surface area contributed by atoms with Gasteiger partial charge in [-0.25, -0.2) is 0 Å². The van der Waals surface area contributed by atoms with E-state index in [9.17, 15) is 13.2 Å². The fourth-order valence-corrected chi connectivity index (χ4v) is 2.39. The Hall–Kier alpha value is -1.39. The number of hydrogen-bond acceptors (Lipinski definition) is 2. The van der Waals surface area contributed by atoms with Crippen LogP contribution in [0, 0.1) is 12.3 Å². The Morgan fingerprint density at radius 1 is 1.00 bits per heavy atom. The Labute approximate surface area is 122 Å². The van der Waals surface area contributed by atoms with Gasteiger partial charge in [-0.1, -0.05) is 34.6 Å². The third-order valence-corrected chi connectivity index (χ3v) is 3.71. The molecule has 0 bridgehead atoms. The molecule has 2 nitrogen and oxygen atoms in total. The summed E-state index contributed by atoms with van der Waals surface area (Å²) in [7, 11) is 0. The van der Waals surface area contributed by atoms with Crippen LogP contribution < -0.4 is 0 Å². The highest BCUT2D eigenvalue weighted by Crippen LogP contribution is 2.42. The van der Waals surface area contributed by atoms with Crippen LogP contribution in [0.4, 0.5) is 13.2 Å². The molecular weight excluding hydrogens is 281 g/mol. The Bertz CT molecular complexity index is 651. The molecular formula is C16H21F3O2. The molecule has 0 atom stereocenters. The second-order valence-corrected chi connectivity index (χ2v) is 7.27. The average molecular weight is 302 g/mol. The summed E-state index contributed by atoms with van der Waals surface area (Å²) in [5.41, 5.74) is -0.0769. The summed E-state index contributed by atoms with van der Waals surface area (Å²) in [6.07, 6.45) is -4.47. The van der Waals surface area contributed by atoms with Gasteiger partial charge in [0.2, 0.25) is 0 Å². The lowest BCUT2D eigenvalue weighted by Gasteiger charge is -2.26. The van der Waals surface area contributed by atoms with Crippen LogP contribution >= 0.6 is 0 Å². The lowest BCUT2D eigenvalue weighted by Crippen LogP contribution is -2.33. The number of furan rings is 2. The van der Waals surface area contributed by atoms with Gasteiger partial charge in [-0.15, -0.1) is 0 Å². The van der Waals surface area contributed by atoms with Crippen LogP contribution in [0.3, 0.4) is 0 Å². The Morgan fingerprint density at radius 2 is 1.57 bits per heavy atom. The topological polar surface area (TPSA) is 26.3 Å². The van der Waals surface area contributed by atoms with Crippen LogP contribution in [-0.2, 0) is 11.8 Å². The molecule has 21 heavy (non-hydrogen) atoms. The number of hydrogen-bond donors (Lipinski definition) is 0. The third-order valence-electron chi connectivity index (χ3n) is 3.71. The van der Waals surface area contributed by atoms with Crippen molar-refractivity contribution in [2.45, 2.75) is 59.6 Å². The van der Waals surface area contributed by atoms with E-state index in [0.29, 0.717) is 16.9 Å². The van der Waals surface area contributed by atoms with Crippen molar-refractivity contribution in [3.8, 4) is 0 Å². The Balaban J connectivity index is 2.38. The van der Waals surface area contributed by atoms with Crippen molar-refractivity contribution in [2.75, 3.05) is 0 Å². The molecule has 0 saturated heterocycles. The Morgan fingerprint density at radius 3 is 2.00 bits per heavy atom. The number of alkyl halides is 3. The van der Waals surface area contributed by atoms with Crippen LogP contribution in [0.2, 0.25) is 0 Å². The first-order valence-electron chi connectivity index (χ1n) is 6.92. The van der Waals surface area contributed by atoms with Gasteiger partial charge < -0.3 is 8.83 Å². The zero-order valence-electron chi connectivity index (χ0n) is 13.2. The first kappa shape index (κ1) is 16.0. The van der Waals surface area contributed by atoms with Gasteiger partial charge >= 0.3 is 6.18 Å². The normalized spacial score (nSPS) is 14.1. The number of aryl methyl sites for hydroxylation is 1. The van der Waals surface area contributed by atoms with E-state index in [-0.39, 0.29) is 11.8 Å². The van der Waals surface area contributed by atoms with E-state index in [1.807, 2.05) is 27.7 Å². The predicted octanol–water partition coefficient (Wildman–Crippen LogP) is 5.76. The number of fused-ring (bicyclic) bond motifs is 1. The van der Waals surface area contributed by atoms with Gasteiger partial charge in [0.15, 0.2) is 11.2 Å². The second-order valence-electron chi connectivity index (χ2n) is 7.27. The highest BCUT2D eigenvalue weighted by molar-refractivity contribution is 5.77.